The number of nitrogens with one attached hydrogen (secondary N) is 2. The maximum atomic E-state index is 12.5. The molecule has 0 heterocycles. The van der Waals surface area contributed by atoms with Crippen LogP contribution in [0.1, 0.15) is 42.3 Å². The maximum Gasteiger partial charge on any atom is 0.279 e. The van der Waals surface area contributed by atoms with Crippen molar-refractivity contribution < 1.29 is 22.7 Å². The van der Waals surface area contributed by atoms with E-state index in [1.807, 2.05) is 26.0 Å². The van der Waals surface area contributed by atoms with Crippen LogP contribution in [0, 0.1) is 13.8 Å². The molecule has 2 aromatic rings. The van der Waals surface area contributed by atoms with E-state index in [4.69, 9.17) is 4.74 Å². The van der Waals surface area contributed by atoms with E-state index in [1.165, 1.54) is 35.6 Å². The first-order valence-corrected chi connectivity index (χ1v) is 11.3. The standard InChI is InChI=1S/C22H29N3O5S/c1-14(2)25(6)31(28,29)19-12-10-18(11-13-19)22(27)24-23-21(26)17(5)30-20-9-7-8-15(3)16(20)4/h7-14,17H,1-6H3,(H,23,26)(H,24,27). The monoisotopic (exact) mass is 447 g/mol. The van der Waals surface area contributed by atoms with E-state index in [2.05, 4.69) is 10.9 Å². The largest absolute Gasteiger partial charge is 0.481 e. The lowest BCUT2D eigenvalue weighted by atomic mass is 10.1. The molecule has 0 aliphatic rings. The van der Waals surface area contributed by atoms with Crippen LogP contribution in [0.2, 0.25) is 0 Å². The van der Waals surface area contributed by atoms with Crippen LogP contribution in [0.15, 0.2) is 47.4 Å². The van der Waals surface area contributed by atoms with Crippen LogP contribution in [0.3, 0.4) is 0 Å². The highest BCUT2D eigenvalue weighted by Crippen LogP contribution is 2.21. The van der Waals surface area contributed by atoms with Gasteiger partial charge in [0.2, 0.25) is 10.0 Å². The fraction of sp³-hybridized carbons (Fsp3) is 0.364. The van der Waals surface area contributed by atoms with Crippen molar-refractivity contribution in [3.05, 3.63) is 59.2 Å². The fourth-order valence-electron chi connectivity index (χ4n) is 2.61. The molecule has 2 aromatic carbocycles. The van der Waals surface area contributed by atoms with Crippen LogP contribution < -0.4 is 15.6 Å². The molecular weight excluding hydrogens is 418 g/mol. The van der Waals surface area contributed by atoms with Gasteiger partial charge in [-0.05, 0) is 76.1 Å². The minimum atomic E-state index is -3.64. The van der Waals surface area contributed by atoms with E-state index in [-0.39, 0.29) is 16.5 Å². The summed E-state index contributed by atoms with van der Waals surface area (Å²) in [4.78, 5) is 24.7. The molecule has 31 heavy (non-hydrogen) atoms. The van der Waals surface area contributed by atoms with Crippen LogP contribution in [0.4, 0.5) is 0 Å². The zero-order valence-corrected chi connectivity index (χ0v) is 19.4. The van der Waals surface area contributed by atoms with Gasteiger partial charge in [-0.3, -0.25) is 20.4 Å². The van der Waals surface area contributed by atoms with Gasteiger partial charge in [0.1, 0.15) is 5.75 Å². The summed E-state index contributed by atoms with van der Waals surface area (Å²) >= 11 is 0. The average Bonchev–Trinajstić information content (AvgIpc) is 2.74. The van der Waals surface area contributed by atoms with Gasteiger partial charge < -0.3 is 4.74 Å². The Labute approximate surface area is 183 Å². The number of rotatable bonds is 7. The van der Waals surface area contributed by atoms with Gasteiger partial charge in [0.05, 0.1) is 4.90 Å². The molecule has 168 valence electrons. The average molecular weight is 448 g/mol. The van der Waals surface area contributed by atoms with Gasteiger partial charge in [0.25, 0.3) is 11.8 Å². The first-order chi connectivity index (χ1) is 14.4. The number of aryl methyl sites for hydroxylation is 1. The van der Waals surface area contributed by atoms with Gasteiger partial charge in [0.15, 0.2) is 6.10 Å². The van der Waals surface area contributed by atoms with Crippen molar-refractivity contribution in [2.75, 3.05) is 7.05 Å². The number of hydrogen-bond acceptors (Lipinski definition) is 5. The van der Waals surface area contributed by atoms with Crippen LogP contribution >= 0.6 is 0 Å². The summed E-state index contributed by atoms with van der Waals surface area (Å²) in [6.45, 7) is 8.97. The van der Waals surface area contributed by atoms with Crippen molar-refractivity contribution in [1.82, 2.24) is 15.2 Å². The molecule has 9 heteroatoms. The predicted molar refractivity (Wildman–Crippen MR) is 118 cm³/mol. The zero-order chi connectivity index (χ0) is 23.3. The Morgan fingerprint density at radius 2 is 1.58 bits per heavy atom. The summed E-state index contributed by atoms with van der Waals surface area (Å²) in [5.74, 6) is -0.502. The van der Waals surface area contributed by atoms with Crippen molar-refractivity contribution in [2.24, 2.45) is 0 Å². The highest BCUT2D eigenvalue weighted by Gasteiger charge is 2.23. The van der Waals surface area contributed by atoms with E-state index in [9.17, 15) is 18.0 Å². The van der Waals surface area contributed by atoms with Crippen molar-refractivity contribution in [3.8, 4) is 5.75 Å². The molecular formula is C22H29N3O5S. The Morgan fingerprint density at radius 1 is 0.968 bits per heavy atom. The summed E-state index contributed by atoms with van der Waals surface area (Å²) in [5.41, 5.74) is 6.82. The highest BCUT2D eigenvalue weighted by molar-refractivity contribution is 7.89. The minimum absolute atomic E-state index is 0.0832. The Hall–Kier alpha value is -2.91. The van der Waals surface area contributed by atoms with Gasteiger partial charge in [-0.2, -0.15) is 4.31 Å². The second kappa shape index (κ2) is 9.93. The number of amides is 2. The molecule has 0 spiro atoms. The topological polar surface area (TPSA) is 105 Å². The zero-order valence-electron chi connectivity index (χ0n) is 18.6. The highest BCUT2D eigenvalue weighted by atomic mass is 32.2. The summed E-state index contributed by atoms with van der Waals surface area (Å²) < 4.78 is 31.9. The molecule has 2 N–H and O–H groups in total. The number of benzene rings is 2. The molecule has 0 saturated carbocycles. The number of carbonyl (C=O) groups is 2. The van der Waals surface area contributed by atoms with Gasteiger partial charge in [-0.15, -0.1) is 0 Å². The minimum Gasteiger partial charge on any atom is -0.481 e. The van der Waals surface area contributed by atoms with Gasteiger partial charge in [0, 0.05) is 18.7 Å². The van der Waals surface area contributed by atoms with Crippen LogP contribution in [0.5, 0.6) is 5.75 Å². The number of sulfonamides is 1. The second-order valence-corrected chi connectivity index (χ2v) is 9.54. The molecule has 1 unspecified atom stereocenters. The van der Waals surface area contributed by atoms with Crippen molar-refractivity contribution >= 4 is 21.8 Å². The Bertz CT molecular complexity index is 1050. The van der Waals surface area contributed by atoms with E-state index in [0.29, 0.717) is 5.75 Å². The lowest BCUT2D eigenvalue weighted by Crippen LogP contribution is -2.47. The first kappa shape index (κ1) is 24.4. The fourth-order valence-corrected chi connectivity index (χ4v) is 3.98. The Kier molecular flexibility index (Phi) is 7.80. The second-order valence-electron chi connectivity index (χ2n) is 7.54. The summed E-state index contributed by atoms with van der Waals surface area (Å²) in [6.07, 6.45) is -0.833. The number of carbonyl (C=O) groups excluding carboxylic acids is 2. The normalized spacial score (nSPS) is 12.5. The maximum absolute atomic E-state index is 12.5. The van der Waals surface area contributed by atoms with Gasteiger partial charge >= 0.3 is 0 Å². The predicted octanol–water partition coefficient (Wildman–Crippen LogP) is 2.56. The van der Waals surface area contributed by atoms with E-state index < -0.39 is 27.9 Å². The van der Waals surface area contributed by atoms with Gasteiger partial charge in [-0.1, -0.05) is 12.1 Å². The Balaban J connectivity index is 1.97. The third-order valence-electron chi connectivity index (χ3n) is 5.05. The quantitative estimate of drug-likeness (QED) is 0.635. The molecule has 0 radical (unpaired) electrons. The molecule has 0 fully saturated rings. The molecule has 0 aromatic heterocycles. The molecule has 8 nitrogen and oxygen atoms in total. The SMILES string of the molecule is Cc1cccc(OC(C)C(=O)NNC(=O)c2ccc(S(=O)(=O)N(C)C(C)C)cc2)c1C. The van der Waals surface area contributed by atoms with E-state index in [0.717, 1.165) is 11.1 Å². The number of hydrazine groups is 1. The molecule has 2 rings (SSSR count). The number of ether oxygens (including phenoxy) is 1. The van der Waals surface area contributed by atoms with E-state index in [1.54, 1.807) is 26.8 Å². The van der Waals surface area contributed by atoms with Crippen LogP contribution in [-0.2, 0) is 14.8 Å². The first-order valence-electron chi connectivity index (χ1n) is 9.86. The smallest absolute Gasteiger partial charge is 0.279 e. The Morgan fingerprint density at radius 3 is 2.16 bits per heavy atom. The lowest BCUT2D eigenvalue weighted by Gasteiger charge is -2.21. The van der Waals surface area contributed by atoms with Crippen LogP contribution in [0.25, 0.3) is 0 Å². The van der Waals surface area contributed by atoms with Crippen molar-refractivity contribution in [2.45, 2.75) is 51.7 Å². The van der Waals surface area contributed by atoms with Gasteiger partial charge in [-0.25, -0.2) is 8.42 Å². The molecule has 0 saturated heterocycles. The summed E-state index contributed by atoms with van der Waals surface area (Å²) in [7, 11) is -2.14. The molecule has 2 amide bonds. The number of nitrogens with zero attached hydrogens (tertiary/aromatic N) is 1. The molecule has 0 aliphatic heterocycles. The lowest BCUT2D eigenvalue weighted by molar-refractivity contribution is -0.128. The molecule has 0 aliphatic carbocycles. The number of hydrogen-bond donors (Lipinski definition) is 2. The summed E-state index contributed by atoms with van der Waals surface area (Å²) in [6, 6.07) is 10.9. The third kappa shape index (κ3) is 5.83. The van der Waals surface area contributed by atoms with Crippen LogP contribution in [-0.4, -0.2) is 43.7 Å². The third-order valence-corrected chi connectivity index (χ3v) is 7.10. The van der Waals surface area contributed by atoms with Crippen molar-refractivity contribution in [3.63, 3.8) is 0 Å². The molecule has 0 bridgehead atoms. The summed E-state index contributed by atoms with van der Waals surface area (Å²) in [5, 5.41) is 0. The molecule has 1 atom stereocenters. The van der Waals surface area contributed by atoms with Crippen molar-refractivity contribution in [1.29, 1.82) is 0 Å². The van der Waals surface area contributed by atoms with E-state index >= 15 is 0 Å².